The quantitative estimate of drug-likeness (QED) is 0.923. The molecule has 0 unspecified atom stereocenters. The van der Waals surface area contributed by atoms with Crippen LogP contribution in [0.4, 0.5) is 13.2 Å². The number of hydrogen-bond donors (Lipinski definition) is 1. The van der Waals surface area contributed by atoms with Crippen molar-refractivity contribution in [1.29, 1.82) is 0 Å². The molecule has 0 radical (unpaired) electrons. The van der Waals surface area contributed by atoms with E-state index in [4.69, 9.17) is 5.11 Å². The van der Waals surface area contributed by atoms with Gasteiger partial charge in [0.05, 0.1) is 11.1 Å². The molecule has 0 spiro atoms. The molecule has 1 aromatic rings. The van der Waals surface area contributed by atoms with Crippen LogP contribution in [0.15, 0.2) is 12.4 Å². The van der Waals surface area contributed by atoms with Crippen LogP contribution in [0.5, 0.6) is 0 Å². The fourth-order valence-corrected chi connectivity index (χ4v) is 2.22. The standard InChI is InChI=1S/C12H13F3N2O3/c13-12(14,15)9-6-16(5-8(9)11(19)20)7-10(18)17-3-1-2-4-17/h5-6H,1-4,7H2,(H,19,20). The molecule has 1 amide bonds. The molecular weight excluding hydrogens is 277 g/mol. The number of hydrogen-bond acceptors (Lipinski definition) is 2. The Morgan fingerprint density at radius 2 is 1.80 bits per heavy atom. The van der Waals surface area contributed by atoms with Gasteiger partial charge in [-0.15, -0.1) is 0 Å². The van der Waals surface area contributed by atoms with Crippen LogP contribution in [-0.2, 0) is 17.5 Å². The smallest absolute Gasteiger partial charge is 0.418 e. The SMILES string of the molecule is O=C(O)c1cn(CC(=O)N2CCCC2)cc1C(F)(F)F. The maximum absolute atomic E-state index is 12.7. The summed E-state index contributed by atoms with van der Waals surface area (Å²) in [6.45, 7) is 0.909. The zero-order valence-electron chi connectivity index (χ0n) is 10.5. The topological polar surface area (TPSA) is 62.5 Å². The van der Waals surface area contributed by atoms with Crippen molar-refractivity contribution in [2.45, 2.75) is 25.6 Å². The predicted molar refractivity (Wildman–Crippen MR) is 62.2 cm³/mol. The number of amides is 1. The maximum atomic E-state index is 12.7. The summed E-state index contributed by atoms with van der Waals surface area (Å²) in [4.78, 5) is 24.2. The third-order valence-corrected chi connectivity index (χ3v) is 3.19. The summed E-state index contributed by atoms with van der Waals surface area (Å²) in [7, 11) is 0. The van der Waals surface area contributed by atoms with Crippen LogP contribution >= 0.6 is 0 Å². The highest BCUT2D eigenvalue weighted by Crippen LogP contribution is 2.32. The first-order chi connectivity index (χ1) is 9.29. The van der Waals surface area contributed by atoms with Gasteiger partial charge in [0.1, 0.15) is 6.54 Å². The fraction of sp³-hybridized carbons (Fsp3) is 0.500. The third-order valence-electron chi connectivity index (χ3n) is 3.19. The van der Waals surface area contributed by atoms with Crippen LogP contribution in [0.25, 0.3) is 0 Å². The van der Waals surface area contributed by atoms with E-state index in [2.05, 4.69) is 0 Å². The molecule has 20 heavy (non-hydrogen) atoms. The minimum Gasteiger partial charge on any atom is -0.478 e. The monoisotopic (exact) mass is 290 g/mol. The second-order valence-corrected chi connectivity index (χ2v) is 4.65. The van der Waals surface area contributed by atoms with Gasteiger partial charge in [0.25, 0.3) is 0 Å². The number of aromatic nitrogens is 1. The number of carboxylic acids is 1. The number of halogens is 3. The van der Waals surface area contributed by atoms with E-state index in [-0.39, 0.29) is 12.5 Å². The Morgan fingerprint density at radius 3 is 2.25 bits per heavy atom. The lowest BCUT2D eigenvalue weighted by Gasteiger charge is -2.15. The van der Waals surface area contributed by atoms with Crippen molar-refractivity contribution in [3.63, 3.8) is 0 Å². The molecule has 1 aliphatic heterocycles. The second kappa shape index (κ2) is 5.18. The van der Waals surface area contributed by atoms with Crippen LogP contribution in [0, 0.1) is 0 Å². The normalized spacial score (nSPS) is 15.7. The van der Waals surface area contributed by atoms with Gasteiger partial charge < -0.3 is 14.6 Å². The van der Waals surface area contributed by atoms with Crippen LogP contribution in [0.2, 0.25) is 0 Å². The van der Waals surface area contributed by atoms with E-state index in [0.717, 1.165) is 23.6 Å². The van der Waals surface area contributed by atoms with Gasteiger partial charge in [0.15, 0.2) is 0 Å². The number of carbonyl (C=O) groups excluding carboxylic acids is 1. The van der Waals surface area contributed by atoms with Crippen molar-refractivity contribution in [2.24, 2.45) is 0 Å². The number of alkyl halides is 3. The predicted octanol–water partition coefficient (Wildman–Crippen LogP) is 1.83. The van der Waals surface area contributed by atoms with E-state index in [0.29, 0.717) is 19.3 Å². The Bertz CT molecular complexity index is 531. The van der Waals surface area contributed by atoms with Gasteiger partial charge in [-0.2, -0.15) is 13.2 Å². The molecule has 0 atom stereocenters. The molecule has 2 heterocycles. The van der Waals surface area contributed by atoms with Crippen molar-refractivity contribution in [3.8, 4) is 0 Å². The minimum atomic E-state index is -4.75. The largest absolute Gasteiger partial charge is 0.478 e. The van der Waals surface area contributed by atoms with Crippen LogP contribution < -0.4 is 0 Å². The highest BCUT2D eigenvalue weighted by atomic mass is 19.4. The molecule has 0 saturated carbocycles. The molecule has 0 aliphatic carbocycles. The fourth-order valence-electron chi connectivity index (χ4n) is 2.22. The van der Waals surface area contributed by atoms with Crippen LogP contribution in [0.1, 0.15) is 28.8 Å². The van der Waals surface area contributed by atoms with E-state index >= 15 is 0 Å². The summed E-state index contributed by atoms with van der Waals surface area (Å²) < 4.78 is 39.0. The third kappa shape index (κ3) is 2.94. The van der Waals surface area contributed by atoms with Gasteiger partial charge in [0, 0.05) is 25.5 Å². The van der Waals surface area contributed by atoms with E-state index in [9.17, 15) is 22.8 Å². The van der Waals surface area contributed by atoms with Crippen LogP contribution in [-0.4, -0.2) is 39.5 Å². The van der Waals surface area contributed by atoms with Gasteiger partial charge in [0.2, 0.25) is 5.91 Å². The number of carbonyl (C=O) groups is 2. The van der Waals surface area contributed by atoms with Gasteiger partial charge in [-0.1, -0.05) is 0 Å². The first kappa shape index (κ1) is 14.4. The highest BCUT2D eigenvalue weighted by molar-refractivity contribution is 5.89. The average Bonchev–Trinajstić information content (AvgIpc) is 2.96. The average molecular weight is 290 g/mol. The van der Waals surface area contributed by atoms with E-state index in [1.54, 1.807) is 4.90 Å². The summed E-state index contributed by atoms with van der Waals surface area (Å²) in [5.74, 6) is -1.96. The zero-order valence-corrected chi connectivity index (χ0v) is 10.5. The zero-order chi connectivity index (χ0) is 14.9. The van der Waals surface area contributed by atoms with Gasteiger partial charge in [-0.05, 0) is 12.8 Å². The molecular formula is C12H13F3N2O3. The van der Waals surface area contributed by atoms with E-state index in [1.165, 1.54) is 0 Å². The Morgan fingerprint density at radius 1 is 1.20 bits per heavy atom. The van der Waals surface area contributed by atoms with Gasteiger partial charge in [-0.3, -0.25) is 4.79 Å². The molecule has 8 heteroatoms. The van der Waals surface area contributed by atoms with E-state index < -0.39 is 23.3 Å². The summed E-state index contributed by atoms with van der Waals surface area (Å²) in [6.07, 6.45) is -1.48. The van der Waals surface area contributed by atoms with Gasteiger partial charge >= 0.3 is 12.1 Å². The number of nitrogens with zero attached hydrogens (tertiary/aromatic N) is 2. The number of rotatable bonds is 3. The minimum absolute atomic E-state index is 0.281. The van der Waals surface area contributed by atoms with Crippen molar-refractivity contribution in [3.05, 3.63) is 23.5 Å². The Kier molecular flexibility index (Phi) is 3.74. The Hall–Kier alpha value is -1.99. The van der Waals surface area contributed by atoms with Crippen molar-refractivity contribution >= 4 is 11.9 Å². The molecule has 0 aromatic carbocycles. The summed E-state index contributed by atoms with van der Waals surface area (Å²) in [5, 5.41) is 8.78. The number of carboxylic acid groups (broad SMARTS) is 1. The molecule has 2 rings (SSSR count). The summed E-state index contributed by atoms with van der Waals surface area (Å²) in [5.41, 5.74) is -2.08. The first-order valence-corrected chi connectivity index (χ1v) is 6.07. The Labute approximate surface area is 112 Å². The highest BCUT2D eigenvalue weighted by Gasteiger charge is 2.37. The summed E-state index contributed by atoms with van der Waals surface area (Å²) in [6, 6.07) is 0. The van der Waals surface area contributed by atoms with Crippen molar-refractivity contribution < 1.29 is 27.9 Å². The number of likely N-dealkylation sites (tertiary alicyclic amines) is 1. The van der Waals surface area contributed by atoms with Crippen LogP contribution in [0.3, 0.4) is 0 Å². The molecule has 1 saturated heterocycles. The molecule has 1 fully saturated rings. The lowest BCUT2D eigenvalue weighted by Crippen LogP contribution is -2.30. The molecule has 1 aliphatic rings. The van der Waals surface area contributed by atoms with Crippen molar-refractivity contribution in [1.82, 2.24) is 9.47 Å². The van der Waals surface area contributed by atoms with E-state index in [1.807, 2.05) is 0 Å². The Balaban J connectivity index is 2.20. The van der Waals surface area contributed by atoms with Gasteiger partial charge in [-0.25, -0.2) is 4.79 Å². The maximum Gasteiger partial charge on any atom is 0.418 e. The lowest BCUT2D eigenvalue weighted by atomic mass is 10.2. The van der Waals surface area contributed by atoms with Crippen molar-refractivity contribution in [2.75, 3.05) is 13.1 Å². The molecule has 0 bridgehead atoms. The lowest BCUT2D eigenvalue weighted by molar-refractivity contribution is -0.138. The molecule has 5 nitrogen and oxygen atoms in total. The second-order valence-electron chi connectivity index (χ2n) is 4.65. The number of aromatic carboxylic acids is 1. The molecule has 1 aromatic heterocycles. The first-order valence-electron chi connectivity index (χ1n) is 6.07. The summed E-state index contributed by atoms with van der Waals surface area (Å²) >= 11 is 0. The molecule has 110 valence electrons. The molecule has 1 N–H and O–H groups in total.